The molecule has 1 heterocycles. The molecule has 166 valence electrons. The van der Waals surface area contributed by atoms with Gasteiger partial charge in [0, 0.05) is 38.8 Å². The van der Waals surface area contributed by atoms with Gasteiger partial charge in [-0.2, -0.15) is 0 Å². The Morgan fingerprint density at radius 2 is 2.07 bits per heavy atom. The zero-order chi connectivity index (χ0) is 20.4. The number of hydrogen-bond acceptors (Lipinski definition) is 5. The van der Waals surface area contributed by atoms with Crippen molar-refractivity contribution in [1.29, 1.82) is 0 Å². The Morgan fingerprint density at radius 3 is 2.72 bits per heavy atom. The van der Waals surface area contributed by atoms with Crippen LogP contribution < -0.4 is 15.4 Å². The highest BCUT2D eigenvalue weighted by molar-refractivity contribution is 14.0. The lowest BCUT2D eigenvalue weighted by Crippen LogP contribution is -2.40. The van der Waals surface area contributed by atoms with Gasteiger partial charge in [0.1, 0.15) is 5.75 Å². The predicted molar refractivity (Wildman–Crippen MR) is 128 cm³/mol. The Kier molecular flexibility index (Phi) is 11.9. The Bertz CT molecular complexity index is 756. The van der Waals surface area contributed by atoms with Crippen LogP contribution in [0.15, 0.2) is 23.2 Å². The van der Waals surface area contributed by atoms with E-state index in [4.69, 9.17) is 9.47 Å². The number of sulfone groups is 1. The first kappa shape index (κ1) is 26.0. The van der Waals surface area contributed by atoms with Crippen LogP contribution in [0.25, 0.3) is 0 Å². The van der Waals surface area contributed by atoms with E-state index < -0.39 is 9.84 Å². The number of aryl methyl sites for hydroxylation is 1. The van der Waals surface area contributed by atoms with E-state index in [9.17, 15) is 8.42 Å². The van der Waals surface area contributed by atoms with Gasteiger partial charge in [-0.05, 0) is 37.8 Å². The van der Waals surface area contributed by atoms with E-state index in [1.807, 2.05) is 26.0 Å². The summed E-state index contributed by atoms with van der Waals surface area (Å²) < 4.78 is 34.2. The van der Waals surface area contributed by atoms with Crippen molar-refractivity contribution >= 4 is 39.8 Å². The van der Waals surface area contributed by atoms with Crippen LogP contribution in [0, 0.1) is 12.8 Å². The van der Waals surface area contributed by atoms with Crippen molar-refractivity contribution in [2.24, 2.45) is 10.9 Å². The fourth-order valence-electron chi connectivity index (χ4n) is 3.09. The summed E-state index contributed by atoms with van der Waals surface area (Å²) in [6.45, 7) is 7.15. The van der Waals surface area contributed by atoms with Gasteiger partial charge < -0.3 is 20.1 Å². The summed E-state index contributed by atoms with van der Waals surface area (Å²) in [7, 11) is -1.18. The number of nitrogens with one attached hydrogen (secondary N) is 2. The molecule has 1 aromatic carbocycles. The minimum absolute atomic E-state index is 0. The first-order valence-corrected chi connectivity index (χ1v) is 11.7. The summed E-state index contributed by atoms with van der Waals surface area (Å²) in [5.74, 6) is 2.24. The highest BCUT2D eigenvalue weighted by atomic mass is 127. The Balaban J connectivity index is 0.00000420. The molecule has 2 N–H and O–H groups in total. The zero-order valence-electron chi connectivity index (χ0n) is 17.6. The molecular formula is C20H34IN3O4S. The van der Waals surface area contributed by atoms with Crippen molar-refractivity contribution in [2.45, 2.75) is 33.2 Å². The number of benzene rings is 1. The minimum atomic E-state index is -2.86. The van der Waals surface area contributed by atoms with Gasteiger partial charge in [0.25, 0.3) is 0 Å². The van der Waals surface area contributed by atoms with Crippen LogP contribution >= 0.6 is 24.0 Å². The Labute approximate surface area is 192 Å². The van der Waals surface area contributed by atoms with Crippen LogP contribution in [0.5, 0.6) is 5.75 Å². The second-order valence-corrected chi connectivity index (χ2v) is 9.38. The second-order valence-electron chi connectivity index (χ2n) is 7.15. The average Bonchev–Trinajstić information content (AvgIpc) is 3.01. The van der Waals surface area contributed by atoms with Crippen molar-refractivity contribution in [3.8, 4) is 5.75 Å². The lowest BCUT2D eigenvalue weighted by atomic mass is 10.1. The van der Waals surface area contributed by atoms with E-state index >= 15 is 0 Å². The number of nitrogens with zero attached hydrogens (tertiary/aromatic N) is 1. The minimum Gasteiger partial charge on any atom is -0.493 e. The number of ether oxygens (including phenoxy) is 2. The summed E-state index contributed by atoms with van der Waals surface area (Å²) in [6.07, 6.45) is 1.55. The van der Waals surface area contributed by atoms with Gasteiger partial charge in [-0.15, -0.1) is 24.0 Å². The molecule has 9 heteroatoms. The fraction of sp³-hybridized carbons (Fsp3) is 0.650. The van der Waals surface area contributed by atoms with Crippen LogP contribution in [-0.2, 0) is 21.1 Å². The van der Waals surface area contributed by atoms with Crippen molar-refractivity contribution in [2.75, 3.05) is 44.9 Å². The molecule has 2 rings (SSSR count). The molecule has 1 saturated heterocycles. The molecule has 7 nitrogen and oxygen atoms in total. The molecule has 0 spiro atoms. The average molecular weight is 539 g/mol. The SMILES string of the molecule is CCNC(=NCc1ccc(C)cc1OCCCOC)NCC1CCS(=O)(=O)C1.I. The molecule has 1 atom stereocenters. The third-order valence-corrected chi connectivity index (χ3v) is 6.45. The van der Waals surface area contributed by atoms with Crippen molar-refractivity contribution < 1.29 is 17.9 Å². The molecule has 1 aliphatic heterocycles. The summed E-state index contributed by atoms with van der Waals surface area (Å²) in [5, 5.41) is 6.50. The summed E-state index contributed by atoms with van der Waals surface area (Å²) >= 11 is 0. The van der Waals surface area contributed by atoms with Crippen molar-refractivity contribution in [3.63, 3.8) is 0 Å². The van der Waals surface area contributed by atoms with E-state index in [0.29, 0.717) is 44.4 Å². The summed E-state index contributed by atoms with van der Waals surface area (Å²) in [6, 6.07) is 6.12. The quantitative estimate of drug-likeness (QED) is 0.206. The Hall–Kier alpha value is -1.07. The highest BCUT2D eigenvalue weighted by Gasteiger charge is 2.27. The smallest absolute Gasteiger partial charge is 0.191 e. The molecule has 0 aliphatic carbocycles. The van der Waals surface area contributed by atoms with E-state index in [-0.39, 0.29) is 35.6 Å². The number of hydrogen-bond donors (Lipinski definition) is 2. The van der Waals surface area contributed by atoms with Crippen LogP contribution in [0.2, 0.25) is 0 Å². The molecule has 29 heavy (non-hydrogen) atoms. The predicted octanol–water partition coefficient (Wildman–Crippen LogP) is 2.52. The lowest BCUT2D eigenvalue weighted by molar-refractivity contribution is 0.172. The maximum atomic E-state index is 11.6. The molecule has 0 bridgehead atoms. The molecular weight excluding hydrogens is 505 g/mol. The largest absolute Gasteiger partial charge is 0.493 e. The number of aliphatic imine (C=N–C) groups is 1. The van der Waals surface area contributed by atoms with Gasteiger partial charge >= 0.3 is 0 Å². The summed E-state index contributed by atoms with van der Waals surface area (Å²) in [5.41, 5.74) is 2.16. The van der Waals surface area contributed by atoms with Crippen LogP contribution in [-0.4, -0.2) is 59.3 Å². The standard InChI is InChI=1S/C20H33N3O4S.HI/c1-4-21-20(22-13-17-8-11-28(24,25)15-17)23-14-18-7-6-16(2)12-19(18)27-10-5-9-26-3;/h6-7,12,17H,4-5,8-11,13-15H2,1-3H3,(H2,21,22,23);1H. The van der Waals surface area contributed by atoms with Crippen LogP contribution in [0.4, 0.5) is 0 Å². The van der Waals surface area contributed by atoms with Gasteiger partial charge in [0.05, 0.1) is 24.7 Å². The van der Waals surface area contributed by atoms with Crippen LogP contribution in [0.3, 0.4) is 0 Å². The molecule has 1 fully saturated rings. The Morgan fingerprint density at radius 1 is 1.28 bits per heavy atom. The number of rotatable bonds is 10. The number of halogens is 1. The topological polar surface area (TPSA) is 89.0 Å². The third kappa shape index (κ3) is 9.52. The van der Waals surface area contributed by atoms with E-state index in [0.717, 1.165) is 29.8 Å². The first-order chi connectivity index (χ1) is 13.4. The van der Waals surface area contributed by atoms with Gasteiger partial charge in [0.15, 0.2) is 15.8 Å². The van der Waals surface area contributed by atoms with Gasteiger partial charge in [0.2, 0.25) is 0 Å². The molecule has 0 saturated carbocycles. The molecule has 0 aromatic heterocycles. The van der Waals surface area contributed by atoms with Gasteiger partial charge in [-0.1, -0.05) is 12.1 Å². The van der Waals surface area contributed by atoms with E-state index in [1.54, 1.807) is 7.11 Å². The molecule has 1 unspecified atom stereocenters. The van der Waals surface area contributed by atoms with E-state index in [2.05, 4.69) is 21.7 Å². The number of methoxy groups -OCH3 is 1. The molecule has 1 aliphatic rings. The van der Waals surface area contributed by atoms with Gasteiger partial charge in [-0.3, -0.25) is 0 Å². The summed E-state index contributed by atoms with van der Waals surface area (Å²) in [4.78, 5) is 4.66. The highest BCUT2D eigenvalue weighted by Crippen LogP contribution is 2.22. The molecule has 0 radical (unpaired) electrons. The maximum absolute atomic E-state index is 11.6. The van der Waals surface area contributed by atoms with Gasteiger partial charge in [-0.25, -0.2) is 13.4 Å². The first-order valence-electron chi connectivity index (χ1n) is 9.87. The fourth-order valence-corrected chi connectivity index (χ4v) is 4.95. The lowest BCUT2D eigenvalue weighted by Gasteiger charge is -2.15. The zero-order valence-corrected chi connectivity index (χ0v) is 20.7. The molecule has 1 aromatic rings. The van der Waals surface area contributed by atoms with E-state index in [1.165, 1.54) is 0 Å². The maximum Gasteiger partial charge on any atom is 0.191 e. The molecule has 0 amide bonds. The second kappa shape index (κ2) is 13.3. The van der Waals surface area contributed by atoms with Crippen molar-refractivity contribution in [1.82, 2.24) is 10.6 Å². The van der Waals surface area contributed by atoms with Crippen LogP contribution in [0.1, 0.15) is 30.9 Å². The number of guanidine groups is 1. The third-order valence-electron chi connectivity index (χ3n) is 4.61. The normalized spacial score (nSPS) is 18.2. The van der Waals surface area contributed by atoms with Crippen molar-refractivity contribution in [3.05, 3.63) is 29.3 Å². The monoisotopic (exact) mass is 539 g/mol.